The third-order valence-electron chi connectivity index (χ3n) is 17.6. The third kappa shape index (κ3) is 23.9. The van der Waals surface area contributed by atoms with Gasteiger partial charge in [-0.25, -0.2) is 11.0 Å². The van der Waals surface area contributed by atoms with E-state index in [0.29, 0.717) is 116 Å². The molecular formula is C77H112N24O5. The molecule has 6 aromatic rings. The molecule has 3 fully saturated rings. The molecule has 0 radical (unpaired) electrons. The number of hydrogen-bond donors (Lipinski definition) is 8. The third-order valence-corrected chi connectivity index (χ3v) is 17.6. The van der Waals surface area contributed by atoms with Gasteiger partial charge in [0.2, 0.25) is 17.8 Å². The van der Waals surface area contributed by atoms with Crippen molar-refractivity contribution in [3.8, 4) is 18.2 Å². The first-order valence-electron chi connectivity index (χ1n) is 36.2. The van der Waals surface area contributed by atoms with Crippen LogP contribution in [0.5, 0.6) is 0 Å². The SMILES string of the molecule is CCONC(=O)c1ccc(C)c(Nc2nc(N(C)CC(C)(C)C)nc(N3CCCN(C)CC3)c2C#N)c1.CNC(=O)c1ccc(C)c(Nc2nc(N(C)CC(C)(C)C)nc(N[C@@H]3CCNC3)c2C#N)c1.CONC(=O)c1ccc(C)c(Nc2nc(N(C)CC(C)(C)C)c(C#N)c(N3CCCN(C)CC3)n2)c1. The van der Waals surface area contributed by atoms with Crippen LogP contribution in [-0.2, 0) is 9.68 Å². The number of likely N-dealkylation sites (N-methyl/N-ethyl adjacent to an activating group) is 2. The highest BCUT2D eigenvalue weighted by Crippen LogP contribution is 2.36. The molecule has 3 amide bonds. The number of amides is 3. The Labute approximate surface area is 627 Å². The van der Waals surface area contributed by atoms with E-state index < -0.39 is 0 Å². The van der Waals surface area contributed by atoms with Crippen LogP contribution < -0.4 is 67.4 Å². The quantitative estimate of drug-likeness (QED) is 0.0293. The lowest BCUT2D eigenvalue weighted by molar-refractivity contribution is 0.0364. The largest absolute Gasteiger partial charge is 0.365 e. The zero-order chi connectivity index (χ0) is 77.8. The first-order chi connectivity index (χ1) is 50.1. The number of aromatic nitrogens is 6. The molecule has 0 spiro atoms. The molecule has 3 aliphatic heterocycles. The van der Waals surface area contributed by atoms with Crippen molar-refractivity contribution < 1.29 is 24.1 Å². The Morgan fingerprint density at radius 2 is 1.00 bits per heavy atom. The molecule has 0 bridgehead atoms. The highest BCUT2D eigenvalue weighted by atomic mass is 16.7. The first kappa shape index (κ1) is 83.1. The number of carbonyl (C=O) groups excluding carboxylic acids is 3. The zero-order valence-electron chi connectivity index (χ0n) is 66.0. The number of nitrogens with one attached hydrogen (secondary N) is 8. The average molecular weight is 1450 g/mol. The second-order valence-corrected chi connectivity index (χ2v) is 31.0. The predicted molar refractivity (Wildman–Crippen MR) is 422 cm³/mol. The Balaban J connectivity index is 0.000000222. The van der Waals surface area contributed by atoms with E-state index in [4.69, 9.17) is 39.6 Å². The van der Waals surface area contributed by atoms with Gasteiger partial charge in [-0.15, -0.1) is 0 Å². The Bertz CT molecular complexity index is 4140. The highest BCUT2D eigenvalue weighted by molar-refractivity contribution is 5.96. The summed E-state index contributed by atoms with van der Waals surface area (Å²) in [4.78, 5) is 90.5. The van der Waals surface area contributed by atoms with Crippen molar-refractivity contribution in [1.82, 2.24) is 61.3 Å². The van der Waals surface area contributed by atoms with Gasteiger partial charge in [-0.1, -0.05) is 80.5 Å². The van der Waals surface area contributed by atoms with Gasteiger partial charge in [0.05, 0.1) is 13.7 Å². The number of carbonyl (C=O) groups is 3. The molecule has 6 heterocycles. The predicted octanol–water partition coefficient (Wildman–Crippen LogP) is 10.0. The van der Waals surface area contributed by atoms with Crippen LogP contribution in [0, 0.1) is 71.0 Å². The minimum absolute atomic E-state index is 0.00509. The molecule has 3 aliphatic rings. The minimum atomic E-state index is -0.346. The number of aryl methyl sites for hydroxylation is 3. The maximum Gasteiger partial charge on any atom is 0.274 e. The number of rotatable bonds is 22. The number of hydrogen-bond acceptors (Lipinski definition) is 26. The van der Waals surface area contributed by atoms with E-state index in [1.807, 2.05) is 74.8 Å². The van der Waals surface area contributed by atoms with Gasteiger partial charge in [0.15, 0.2) is 34.9 Å². The summed E-state index contributed by atoms with van der Waals surface area (Å²) in [7, 11) is 13.1. The summed E-state index contributed by atoms with van der Waals surface area (Å²) in [6, 6.07) is 23.3. The first-order valence-corrected chi connectivity index (χ1v) is 36.2. The Kier molecular flexibility index (Phi) is 29.5. The lowest BCUT2D eigenvalue weighted by Crippen LogP contribution is -2.33. The Hall–Kier alpha value is -10.2. The smallest absolute Gasteiger partial charge is 0.274 e. The summed E-state index contributed by atoms with van der Waals surface area (Å²) in [6.45, 7) is 38.3. The van der Waals surface area contributed by atoms with Gasteiger partial charge in [0, 0.05) is 133 Å². The summed E-state index contributed by atoms with van der Waals surface area (Å²) in [6.07, 6.45) is 2.92. The topological polar surface area (TPSA) is 337 Å². The molecule has 8 N–H and O–H groups in total. The molecule has 3 saturated heterocycles. The van der Waals surface area contributed by atoms with Crippen molar-refractivity contribution in [3.05, 3.63) is 105 Å². The van der Waals surface area contributed by atoms with Crippen LogP contribution in [0.25, 0.3) is 0 Å². The Morgan fingerprint density at radius 3 is 1.45 bits per heavy atom. The molecule has 29 heteroatoms. The van der Waals surface area contributed by atoms with Gasteiger partial charge in [0.25, 0.3) is 17.7 Å². The van der Waals surface area contributed by atoms with Crippen molar-refractivity contribution in [1.29, 1.82) is 15.8 Å². The number of benzene rings is 3. The van der Waals surface area contributed by atoms with E-state index in [9.17, 15) is 30.2 Å². The van der Waals surface area contributed by atoms with E-state index in [1.54, 1.807) is 50.4 Å². The Morgan fingerprint density at radius 1 is 0.557 bits per heavy atom. The van der Waals surface area contributed by atoms with Crippen molar-refractivity contribution in [2.24, 2.45) is 16.2 Å². The summed E-state index contributed by atoms with van der Waals surface area (Å²) in [5, 5.41) is 49.8. The molecular weight excluding hydrogens is 1340 g/mol. The summed E-state index contributed by atoms with van der Waals surface area (Å²) in [5.74, 6) is 3.79. The molecule has 570 valence electrons. The standard InChI is InChI=1S/C27H40N8O2.C26H38N8O2.C24H34N8O/c1-8-37-32-25(36)20-11-10-19(2)22(16-20)29-23-21(17-28)24(35-13-9-12-33(6)14-15-35)31-26(30-23)34(7)18-27(3,4)5;1-18-9-10-19(24(35)31-36-7)15-21(18)28-25-29-22(33(6)17-26(2,3)4)20(16-27)23(30-25)34-12-8-11-32(5)13-14-34;1-15-7-8-16(22(33)26-5)11-19(15)29-21-18(12-25)20(28-17-9-10-27-13-17)30-23(31-21)32(6)14-24(2,3)4/h10-11,16H,8-9,12-15,18H2,1-7H3,(H,32,36)(H,29,30,31);9-10,15H,8,11-14,17H2,1-7H3,(H,31,35)(H,28,29,30);7-8,11,17,27H,9-10,13-14H2,1-6H3,(H,26,33)(H2,28,29,30,31)/t;;17-/m..1/s1. The fraction of sp³-hybridized carbons (Fsp3) is 0.532. The van der Waals surface area contributed by atoms with Gasteiger partial charge < -0.3 is 66.2 Å². The van der Waals surface area contributed by atoms with Gasteiger partial charge >= 0.3 is 0 Å². The van der Waals surface area contributed by atoms with Crippen LogP contribution in [0.3, 0.4) is 0 Å². The number of hydroxylamine groups is 2. The fourth-order valence-corrected chi connectivity index (χ4v) is 12.4. The van der Waals surface area contributed by atoms with Crippen molar-refractivity contribution in [3.63, 3.8) is 0 Å². The van der Waals surface area contributed by atoms with E-state index >= 15 is 0 Å². The van der Waals surface area contributed by atoms with Crippen LogP contribution in [0.1, 0.15) is 153 Å². The van der Waals surface area contributed by atoms with Crippen LogP contribution in [0.15, 0.2) is 54.6 Å². The van der Waals surface area contributed by atoms with Gasteiger partial charge in [-0.05, 0) is 150 Å². The fourth-order valence-electron chi connectivity index (χ4n) is 12.4. The normalized spacial score (nSPS) is 14.9. The molecule has 0 saturated carbocycles. The monoisotopic (exact) mass is 1450 g/mol. The van der Waals surface area contributed by atoms with E-state index in [1.165, 1.54) is 7.11 Å². The van der Waals surface area contributed by atoms with E-state index in [-0.39, 0.29) is 40.0 Å². The van der Waals surface area contributed by atoms with Crippen molar-refractivity contribution in [2.75, 3.05) is 187 Å². The maximum atomic E-state index is 12.5. The molecule has 3 aromatic carbocycles. The molecule has 0 unspecified atom stereocenters. The molecule has 29 nitrogen and oxygen atoms in total. The van der Waals surface area contributed by atoms with Gasteiger partial charge in [-0.2, -0.15) is 45.7 Å². The molecule has 0 aliphatic carbocycles. The van der Waals surface area contributed by atoms with E-state index in [2.05, 4.69) is 157 Å². The molecule has 106 heavy (non-hydrogen) atoms. The van der Waals surface area contributed by atoms with Gasteiger partial charge in [-0.3, -0.25) is 24.1 Å². The molecule has 3 aromatic heterocycles. The van der Waals surface area contributed by atoms with E-state index in [0.717, 1.165) is 114 Å². The highest BCUT2D eigenvalue weighted by Gasteiger charge is 2.30. The van der Waals surface area contributed by atoms with Crippen molar-refractivity contribution >= 4 is 87.5 Å². The summed E-state index contributed by atoms with van der Waals surface area (Å²) >= 11 is 0. The van der Waals surface area contributed by atoms with Crippen molar-refractivity contribution in [2.45, 2.75) is 115 Å². The number of nitriles is 3. The van der Waals surface area contributed by atoms with Crippen LogP contribution >= 0.6 is 0 Å². The number of nitrogens with zero attached hydrogens (tertiary/aromatic N) is 16. The number of anilines is 12. The lowest BCUT2D eigenvalue weighted by Gasteiger charge is -2.30. The summed E-state index contributed by atoms with van der Waals surface area (Å²) < 4.78 is 0. The zero-order valence-corrected chi connectivity index (χ0v) is 66.0. The summed E-state index contributed by atoms with van der Waals surface area (Å²) in [5.41, 5.74) is 12.4. The lowest BCUT2D eigenvalue weighted by atomic mass is 9.96. The van der Waals surface area contributed by atoms with Crippen LogP contribution in [-0.4, -0.2) is 205 Å². The molecule has 9 rings (SSSR count). The van der Waals surface area contributed by atoms with Crippen LogP contribution in [0.2, 0.25) is 0 Å². The average Bonchev–Trinajstić information content (AvgIpc) is 0.954. The minimum Gasteiger partial charge on any atom is -0.365 e. The van der Waals surface area contributed by atoms with Crippen LogP contribution in [0.4, 0.5) is 69.8 Å². The molecule has 1 atom stereocenters. The maximum absolute atomic E-state index is 12.5. The second kappa shape index (κ2) is 37.7. The van der Waals surface area contributed by atoms with Gasteiger partial charge in [0.1, 0.15) is 34.9 Å². The second-order valence-electron chi connectivity index (χ2n) is 31.0.